The summed E-state index contributed by atoms with van der Waals surface area (Å²) in [5, 5.41) is 0. The van der Waals surface area contributed by atoms with E-state index in [9.17, 15) is 9.59 Å². The summed E-state index contributed by atoms with van der Waals surface area (Å²) in [7, 11) is 1.41. The van der Waals surface area contributed by atoms with Crippen molar-refractivity contribution in [2.75, 3.05) is 20.2 Å². The van der Waals surface area contributed by atoms with Crippen LogP contribution in [0.1, 0.15) is 53.4 Å². The van der Waals surface area contributed by atoms with Crippen LogP contribution in [0.3, 0.4) is 0 Å². The molecule has 1 aliphatic heterocycles. The molecule has 2 atom stereocenters. The van der Waals surface area contributed by atoms with Crippen molar-refractivity contribution >= 4 is 12.1 Å². The molecule has 0 spiro atoms. The minimum Gasteiger partial charge on any atom is -0.469 e. The second-order valence-electron chi connectivity index (χ2n) is 6.75. The van der Waals surface area contributed by atoms with E-state index < -0.39 is 5.60 Å². The molecule has 0 aromatic heterocycles. The van der Waals surface area contributed by atoms with E-state index in [1.807, 2.05) is 20.8 Å². The second kappa shape index (κ2) is 7.66. The highest BCUT2D eigenvalue weighted by molar-refractivity contribution is 5.75. The van der Waals surface area contributed by atoms with Crippen molar-refractivity contribution in [3.05, 3.63) is 0 Å². The summed E-state index contributed by atoms with van der Waals surface area (Å²) < 4.78 is 10.3. The Bertz CT molecular complexity index is 362. The van der Waals surface area contributed by atoms with E-state index in [0.717, 1.165) is 25.7 Å². The largest absolute Gasteiger partial charge is 0.469 e. The van der Waals surface area contributed by atoms with Gasteiger partial charge in [-0.2, -0.15) is 0 Å². The smallest absolute Gasteiger partial charge is 0.410 e. The Labute approximate surface area is 128 Å². The van der Waals surface area contributed by atoms with E-state index in [-0.39, 0.29) is 18.0 Å². The minimum absolute atomic E-state index is 0.218. The molecule has 0 unspecified atom stereocenters. The maximum Gasteiger partial charge on any atom is 0.410 e. The van der Waals surface area contributed by atoms with Gasteiger partial charge in [-0.1, -0.05) is 19.8 Å². The molecule has 21 heavy (non-hydrogen) atoms. The van der Waals surface area contributed by atoms with Crippen LogP contribution >= 0.6 is 0 Å². The number of nitrogens with zero attached hydrogens (tertiary/aromatic N) is 1. The van der Waals surface area contributed by atoms with Crippen LogP contribution in [0.25, 0.3) is 0 Å². The molecule has 0 aliphatic carbocycles. The molecule has 1 fully saturated rings. The zero-order valence-electron chi connectivity index (χ0n) is 14.0. The maximum absolute atomic E-state index is 12.1. The molecule has 0 aromatic carbocycles. The molecule has 0 saturated carbocycles. The van der Waals surface area contributed by atoms with Crippen LogP contribution in [-0.2, 0) is 14.3 Å². The third kappa shape index (κ3) is 5.56. The van der Waals surface area contributed by atoms with E-state index in [2.05, 4.69) is 6.92 Å². The lowest BCUT2D eigenvalue weighted by Gasteiger charge is -2.37. The predicted octanol–water partition coefficient (Wildman–Crippen LogP) is 3.22. The standard InChI is InChI=1S/C16H29NO4/c1-6-7-8-12-9-10-17(11-13(12)14(18)20-5)15(19)21-16(2,3)4/h12-13H,6-11H2,1-5H3/t12-,13+/m1/s1. The number of piperidine rings is 1. The SMILES string of the molecule is CCCC[C@@H]1CCN(C(=O)OC(C)(C)C)C[C@@H]1C(=O)OC. The van der Waals surface area contributed by atoms with Crippen molar-refractivity contribution in [1.29, 1.82) is 0 Å². The van der Waals surface area contributed by atoms with Gasteiger partial charge in [0.2, 0.25) is 0 Å². The summed E-state index contributed by atoms with van der Waals surface area (Å²) in [5.74, 6) is -0.150. The Morgan fingerprint density at radius 2 is 1.95 bits per heavy atom. The lowest BCUT2D eigenvalue weighted by atomic mass is 9.82. The predicted molar refractivity (Wildman–Crippen MR) is 80.9 cm³/mol. The normalized spacial score (nSPS) is 22.8. The van der Waals surface area contributed by atoms with E-state index in [1.165, 1.54) is 7.11 Å². The summed E-state index contributed by atoms with van der Waals surface area (Å²) in [4.78, 5) is 25.8. The quantitative estimate of drug-likeness (QED) is 0.748. The van der Waals surface area contributed by atoms with Gasteiger partial charge in [0.1, 0.15) is 5.60 Å². The van der Waals surface area contributed by atoms with Crippen molar-refractivity contribution in [2.45, 2.75) is 59.0 Å². The second-order valence-corrected chi connectivity index (χ2v) is 6.75. The number of hydrogen-bond donors (Lipinski definition) is 0. The average molecular weight is 299 g/mol. The molecule has 5 nitrogen and oxygen atoms in total. The van der Waals surface area contributed by atoms with Crippen LogP contribution in [0.5, 0.6) is 0 Å². The molecule has 122 valence electrons. The first-order valence-electron chi connectivity index (χ1n) is 7.84. The lowest BCUT2D eigenvalue weighted by Crippen LogP contribution is -2.48. The zero-order chi connectivity index (χ0) is 16.0. The average Bonchev–Trinajstić information content (AvgIpc) is 2.42. The van der Waals surface area contributed by atoms with E-state index in [1.54, 1.807) is 4.90 Å². The molecule has 1 saturated heterocycles. The number of carbonyl (C=O) groups is 2. The minimum atomic E-state index is -0.517. The van der Waals surface area contributed by atoms with Gasteiger partial charge < -0.3 is 14.4 Å². The first-order valence-corrected chi connectivity index (χ1v) is 7.84. The van der Waals surface area contributed by atoms with Gasteiger partial charge in [0, 0.05) is 13.1 Å². The van der Waals surface area contributed by atoms with Crippen LogP contribution in [0.2, 0.25) is 0 Å². The van der Waals surface area contributed by atoms with E-state index >= 15 is 0 Å². The summed E-state index contributed by atoms with van der Waals surface area (Å²) in [6, 6.07) is 0. The fourth-order valence-corrected chi connectivity index (χ4v) is 2.72. The number of ether oxygens (including phenoxy) is 2. The molecule has 1 rings (SSSR count). The molecule has 1 amide bonds. The third-order valence-electron chi connectivity index (χ3n) is 3.84. The first kappa shape index (κ1) is 17.8. The molecular weight excluding hydrogens is 270 g/mol. The molecule has 5 heteroatoms. The molecule has 0 bridgehead atoms. The molecule has 1 heterocycles. The molecule has 0 N–H and O–H groups in total. The number of likely N-dealkylation sites (tertiary alicyclic amines) is 1. The van der Waals surface area contributed by atoms with Crippen LogP contribution in [-0.4, -0.2) is 42.8 Å². The summed E-state index contributed by atoms with van der Waals surface area (Å²) in [6.07, 6.45) is 3.72. The first-order chi connectivity index (χ1) is 9.78. The highest BCUT2D eigenvalue weighted by Gasteiger charge is 2.37. The van der Waals surface area contributed by atoms with Gasteiger partial charge in [-0.25, -0.2) is 4.79 Å². The van der Waals surface area contributed by atoms with Crippen molar-refractivity contribution in [3.63, 3.8) is 0 Å². The fraction of sp³-hybridized carbons (Fsp3) is 0.875. The molecular formula is C16H29NO4. The summed E-state index contributed by atoms with van der Waals surface area (Å²) in [5.41, 5.74) is -0.517. The van der Waals surface area contributed by atoms with Gasteiger partial charge in [-0.05, 0) is 39.5 Å². The lowest BCUT2D eigenvalue weighted by molar-refractivity contribution is -0.149. The summed E-state index contributed by atoms with van der Waals surface area (Å²) in [6.45, 7) is 8.72. The van der Waals surface area contributed by atoms with Gasteiger partial charge in [0.05, 0.1) is 13.0 Å². The van der Waals surface area contributed by atoms with Crippen molar-refractivity contribution in [1.82, 2.24) is 4.90 Å². The Balaban J connectivity index is 2.69. The highest BCUT2D eigenvalue weighted by Crippen LogP contribution is 2.30. The van der Waals surface area contributed by atoms with E-state index in [4.69, 9.17) is 9.47 Å². The van der Waals surface area contributed by atoms with Gasteiger partial charge in [0.15, 0.2) is 0 Å². The van der Waals surface area contributed by atoms with Crippen LogP contribution in [0.4, 0.5) is 4.79 Å². The molecule has 0 radical (unpaired) electrons. The van der Waals surface area contributed by atoms with Gasteiger partial charge in [-0.15, -0.1) is 0 Å². The van der Waals surface area contributed by atoms with Crippen LogP contribution in [0, 0.1) is 11.8 Å². The number of amides is 1. The van der Waals surface area contributed by atoms with Gasteiger partial charge >= 0.3 is 12.1 Å². The Morgan fingerprint density at radius 1 is 1.29 bits per heavy atom. The number of carbonyl (C=O) groups excluding carboxylic acids is 2. The molecule has 1 aliphatic rings. The Hall–Kier alpha value is -1.26. The highest BCUT2D eigenvalue weighted by atomic mass is 16.6. The van der Waals surface area contributed by atoms with E-state index in [0.29, 0.717) is 19.0 Å². The number of unbranched alkanes of at least 4 members (excludes halogenated alkanes) is 1. The Kier molecular flexibility index (Phi) is 6.49. The van der Waals surface area contributed by atoms with Crippen LogP contribution < -0.4 is 0 Å². The topological polar surface area (TPSA) is 55.8 Å². The van der Waals surface area contributed by atoms with Gasteiger partial charge in [0.25, 0.3) is 0 Å². The zero-order valence-corrected chi connectivity index (χ0v) is 14.0. The van der Waals surface area contributed by atoms with Crippen molar-refractivity contribution in [2.24, 2.45) is 11.8 Å². The third-order valence-corrected chi connectivity index (χ3v) is 3.84. The maximum atomic E-state index is 12.1. The molecule has 0 aromatic rings. The van der Waals surface area contributed by atoms with Gasteiger partial charge in [-0.3, -0.25) is 4.79 Å². The monoisotopic (exact) mass is 299 g/mol. The number of esters is 1. The fourth-order valence-electron chi connectivity index (χ4n) is 2.72. The summed E-state index contributed by atoms with van der Waals surface area (Å²) >= 11 is 0. The number of rotatable bonds is 4. The number of hydrogen-bond acceptors (Lipinski definition) is 4. The number of methoxy groups -OCH3 is 1. The van der Waals surface area contributed by atoms with Crippen molar-refractivity contribution < 1.29 is 19.1 Å². The van der Waals surface area contributed by atoms with Crippen LogP contribution in [0.15, 0.2) is 0 Å². The van der Waals surface area contributed by atoms with Crippen molar-refractivity contribution in [3.8, 4) is 0 Å². The Morgan fingerprint density at radius 3 is 2.48 bits per heavy atom.